The first kappa shape index (κ1) is 17.0. The summed E-state index contributed by atoms with van der Waals surface area (Å²) >= 11 is 2.03. The normalized spacial score (nSPS) is 25.4. The van der Waals surface area contributed by atoms with E-state index in [2.05, 4.69) is 52.1 Å². The average Bonchev–Trinajstić information content (AvgIpc) is 2.84. The van der Waals surface area contributed by atoms with Crippen LogP contribution in [0.2, 0.25) is 0 Å². The minimum atomic E-state index is 0.532. The first-order chi connectivity index (χ1) is 9.89. The molecule has 1 aliphatic carbocycles. The van der Waals surface area contributed by atoms with Gasteiger partial charge in [0.1, 0.15) is 0 Å². The Balaban J connectivity index is 2.02. The van der Waals surface area contributed by atoms with Gasteiger partial charge in [0.05, 0.1) is 0 Å². The van der Waals surface area contributed by atoms with Crippen molar-refractivity contribution in [3.63, 3.8) is 0 Å². The molecule has 1 aromatic rings. The van der Waals surface area contributed by atoms with Crippen LogP contribution in [-0.2, 0) is 12.8 Å². The molecule has 0 amide bonds. The Labute approximate surface area is 135 Å². The van der Waals surface area contributed by atoms with Crippen molar-refractivity contribution < 1.29 is 0 Å². The molecule has 0 aliphatic heterocycles. The molecule has 1 saturated carbocycles. The van der Waals surface area contributed by atoms with Crippen molar-refractivity contribution in [3.05, 3.63) is 21.9 Å². The van der Waals surface area contributed by atoms with Crippen LogP contribution >= 0.6 is 11.3 Å². The first-order valence-corrected chi connectivity index (χ1v) is 9.52. The lowest BCUT2D eigenvalue weighted by molar-refractivity contribution is 0.115. The Morgan fingerprint density at radius 3 is 2.57 bits per heavy atom. The lowest BCUT2D eigenvalue weighted by Crippen LogP contribution is -2.38. The molecule has 0 saturated heterocycles. The average molecular weight is 308 g/mol. The van der Waals surface area contributed by atoms with Crippen LogP contribution in [0, 0.1) is 17.3 Å². The van der Waals surface area contributed by atoms with E-state index in [1.807, 2.05) is 11.3 Å². The maximum absolute atomic E-state index is 3.68. The van der Waals surface area contributed by atoms with Crippen LogP contribution in [0.4, 0.5) is 0 Å². The number of nitrogens with one attached hydrogen (secondary N) is 1. The number of hydrogen-bond donors (Lipinski definition) is 1. The Morgan fingerprint density at radius 2 is 1.95 bits per heavy atom. The van der Waals surface area contributed by atoms with E-state index >= 15 is 0 Å². The smallest absolute Gasteiger partial charge is 0.00510 e. The highest BCUT2D eigenvalue weighted by atomic mass is 32.1. The van der Waals surface area contributed by atoms with E-state index in [-0.39, 0.29) is 0 Å². The summed E-state index contributed by atoms with van der Waals surface area (Å²) in [6, 6.07) is 5.31. The third-order valence-corrected chi connectivity index (χ3v) is 6.24. The number of thiophene rings is 1. The molecule has 1 fully saturated rings. The summed E-state index contributed by atoms with van der Waals surface area (Å²) in [6.45, 7) is 12.9. The van der Waals surface area contributed by atoms with Gasteiger partial charge in [-0.05, 0) is 68.0 Å². The second kappa shape index (κ2) is 7.28. The fraction of sp³-hybridized carbons (Fsp3) is 0.789. The van der Waals surface area contributed by atoms with Crippen LogP contribution in [0.25, 0.3) is 0 Å². The van der Waals surface area contributed by atoms with Crippen molar-refractivity contribution in [1.29, 1.82) is 0 Å². The zero-order chi connectivity index (χ0) is 15.5. The summed E-state index contributed by atoms with van der Waals surface area (Å²) in [5.41, 5.74) is 0.532. The molecule has 1 heterocycles. The standard InChI is InChI=1S/C19H33NS/c1-6-17-7-8-18(21-17)11-16-12-19(4,5)10-9-15(16)13-20-14(2)3/h7-8,14-16,20H,6,9-13H2,1-5H3. The van der Waals surface area contributed by atoms with Crippen LogP contribution < -0.4 is 5.32 Å². The highest BCUT2D eigenvalue weighted by Gasteiger charge is 2.34. The number of hydrogen-bond acceptors (Lipinski definition) is 2. The van der Waals surface area contributed by atoms with Gasteiger partial charge in [-0.3, -0.25) is 0 Å². The molecule has 2 unspecified atom stereocenters. The lowest BCUT2D eigenvalue weighted by Gasteiger charge is -2.41. The minimum Gasteiger partial charge on any atom is -0.314 e. The fourth-order valence-electron chi connectivity index (χ4n) is 3.67. The van der Waals surface area contributed by atoms with Crippen LogP contribution in [0.15, 0.2) is 12.1 Å². The summed E-state index contributed by atoms with van der Waals surface area (Å²) in [5, 5.41) is 3.68. The summed E-state index contributed by atoms with van der Waals surface area (Å²) < 4.78 is 0. The van der Waals surface area contributed by atoms with E-state index in [9.17, 15) is 0 Å². The SMILES string of the molecule is CCc1ccc(CC2CC(C)(C)CCC2CNC(C)C)s1. The summed E-state index contributed by atoms with van der Waals surface area (Å²) in [5.74, 6) is 1.70. The fourth-order valence-corrected chi connectivity index (χ4v) is 4.72. The van der Waals surface area contributed by atoms with E-state index in [0.29, 0.717) is 11.5 Å². The van der Waals surface area contributed by atoms with Gasteiger partial charge in [0, 0.05) is 15.8 Å². The quantitative estimate of drug-likeness (QED) is 0.752. The second-order valence-electron chi connectivity index (χ2n) is 7.92. The van der Waals surface area contributed by atoms with Crippen molar-refractivity contribution in [1.82, 2.24) is 5.32 Å². The first-order valence-electron chi connectivity index (χ1n) is 8.70. The number of aryl methyl sites for hydroxylation is 1. The third kappa shape index (κ3) is 5.10. The topological polar surface area (TPSA) is 12.0 Å². The van der Waals surface area contributed by atoms with E-state index in [1.54, 1.807) is 4.88 Å². The monoisotopic (exact) mass is 307 g/mol. The maximum atomic E-state index is 3.68. The van der Waals surface area contributed by atoms with Gasteiger partial charge < -0.3 is 5.32 Å². The molecule has 1 N–H and O–H groups in total. The molecule has 2 rings (SSSR count). The molecule has 0 aromatic carbocycles. The molecule has 0 bridgehead atoms. The van der Waals surface area contributed by atoms with Gasteiger partial charge in [-0.25, -0.2) is 0 Å². The lowest BCUT2D eigenvalue weighted by atomic mass is 9.66. The van der Waals surface area contributed by atoms with Crippen molar-refractivity contribution >= 4 is 11.3 Å². The zero-order valence-electron chi connectivity index (χ0n) is 14.5. The van der Waals surface area contributed by atoms with Crippen molar-refractivity contribution in [2.75, 3.05) is 6.54 Å². The number of rotatable bonds is 6. The summed E-state index contributed by atoms with van der Waals surface area (Å²) in [4.78, 5) is 3.14. The van der Waals surface area contributed by atoms with Crippen LogP contribution in [0.3, 0.4) is 0 Å². The van der Waals surface area contributed by atoms with E-state index in [4.69, 9.17) is 0 Å². The van der Waals surface area contributed by atoms with Gasteiger partial charge in [0.25, 0.3) is 0 Å². The Bertz CT molecular complexity index is 431. The molecular weight excluding hydrogens is 274 g/mol. The van der Waals surface area contributed by atoms with E-state index in [0.717, 1.165) is 11.8 Å². The van der Waals surface area contributed by atoms with Crippen molar-refractivity contribution in [2.24, 2.45) is 17.3 Å². The summed E-state index contributed by atoms with van der Waals surface area (Å²) in [7, 11) is 0. The van der Waals surface area contributed by atoms with Crippen molar-refractivity contribution in [2.45, 2.75) is 72.8 Å². The molecule has 21 heavy (non-hydrogen) atoms. The molecule has 120 valence electrons. The zero-order valence-corrected chi connectivity index (χ0v) is 15.4. The minimum absolute atomic E-state index is 0.532. The predicted molar refractivity (Wildman–Crippen MR) is 95.2 cm³/mol. The second-order valence-corrected chi connectivity index (χ2v) is 9.17. The maximum Gasteiger partial charge on any atom is 0.00510 e. The van der Waals surface area contributed by atoms with Crippen LogP contribution in [0.1, 0.15) is 63.6 Å². The summed E-state index contributed by atoms with van der Waals surface area (Å²) in [6.07, 6.45) is 6.64. The van der Waals surface area contributed by atoms with Gasteiger partial charge >= 0.3 is 0 Å². The van der Waals surface area contributed by atoms with Gasteiger partial charge in [-0.1, -0.05) is 34.6 Å². The molecular formula is C19H33NS. The predicted octanol–water partition coefficient (Wildman–Crippen LogP) is 5.29. The van der Waals surface area contributed by atoms with E-state index < -0.39 is 0 Å². The molecule has 1 nitrogen and oxygen atoms in total. The highest BCUT2D eigenvalue weighted by Crippen LogP contribution is 2.43. The van der Waals surface area contributed by atoms with Gasteiger partial charge in [0.15, 0.2) is 0 Å². The Hall–Kier alpha value is -0.340. The van der Waals surface area contributed by atoms with Crippen LogP contribution in [0.5, 0.6) is 0 Å². The molecule has 0 spiro atoms. The molecule has 0 radical (unpaired) electrons. The van der Waals surface area contributed by atoms with Crippen molar-refractivity contribution in [3.8, 4) is 0 Å². The molecule has 2 atom stereocenters. The molecule has 1 aromatic heterocycles. The van der Waals surface area contributed by atoms with Gasteiger partial charge in [-0.2, -0.15) is 0 Å². The van der Waals surface area contributed by atoms with Gasteiger partial charge in [-0.15, -0.1) is 11.3 Å². The Kier molecular flexibility index (Phi) is 5.90. The largest absolute Gasteiger partial charge is 0.314 e. The highest BCUT2D eigenvalue weighted by molar-refractivity contribution is 7.11. The third-order valence-electron chi connectivity index (χ3n) is 4.99. The molecule has 2 heteroatoms. The Morgan fingerprint density at radius 1 is 1.24 bits per heavy atom. The van der Waals surface area contributed by atoms with Gasteiger partial charge in [0.2, 0.25) is 0 Å². The van der Waals surface area contributed by atoms with Crippen LogP contribution in [-0.4, -0.2) is 12.6 Å². The molecule has 1 aliphatic rings. The van der Waals surface area contributed by atoms with E-state index in [1.165, 1.54) is 43.5 Å².